The van der Waals surface area contributed by atoms with Gasteiger partial charge in [0.1, 0.15) is 12.8 Å². The zero-order valence-corrected chi connectivity index (χ0v) is 8.20. The van der Waals surface area contributed by atoms with E-state index in [9.17, 15) is 9.36 Å². The molecule has 2 N–H and O–H groups in total. The molecule has 0 heterocycles. The topological polar surface area (TPSA) is 93.1 Å². The van der Waals surface area contributed by atoms with Crippen molar-refractivity contribution in [1.29, 1.82) is 0 Å². The van der Waals surface area contributed by atoms with Crippen molar-refractivity contribution < 1.29 is 28.6 Å². The molecule has 0 bridgehead atoms. The number of rotatable bonds is 6. The van der Waals surface area contributed by atoms with E-state index < -0.39 is 19.7 Å². The summed E-state index contributed by atoms with van der Waals surface area (Å²) in [6.45, 7) is 2.56. The SMILES string of the molecule is CCOCCOC(=O)CP(=O)(O)O. The molecule has 0 radical (unpaired) electrons. The van der Waals surface area contributed by atoms with Crippen molar-refractivity contribution in [3.63, 3.8) is 0 Å². The van der Waals surface area contributed by atoms with Crippen LogP contribution < -0.4 is 0 Å². The fraction of sp³-hybridized carbons (Fsp3) is 0.833. The summed E-state index contributed by atoms with van der Waals surface area (Å²) in [4.78, 5) is 27.4. The van der Waals surface area contributed by atoms with Crippen LogP contribution in [0.4, 0.5) is 0 Å². The second-order valence-corrected chi connectivity index (χ2v) is 3.89. The number of esters is 1. The highest BCUT2D eigenvalue weighted by Gasteiger charge is 2.19. The van der Waals surface area contributed by atoms with Gasteiger partial charge in [-0.05, 0) is 6.92 Å². The van der Waals surface area contributed by atoms with Crippen LogP contribution >= 0.6 is 7.60 Å². The predicted molar refractivity (Wildman–Crippen MR) is 44.4 cm³/mol. The highest BCUT2D eigenvalue weighted by atomic mass is 31.2. The highest BCUT2D eigenvalue weighted by molar-refractivity contribution is 7.52. The molecule has 0 aliphatic heterocycles. The van der Waals surface area contributed by atoms with Crippen LogP contribution in [0.5, 0.6) is 0 Å². The van der Waals surface area contributed by atoms with Crippen LogP contribution in [0.15, 0.2) is 0 Å². The van der Waals surface area contributed by atoms with Crippen molar-refractivity contribution in [2.45, 2.75) is 6.92 Å². The summed E-state index contributed by atoms with van der Waals surface area (Å²) in [5, 5.41) is 0. The first-order chi connectivity index (χ1) is 5.95. The summed E-state index contributed by atoms with van der Waals surface area (Å²) in [6, 6.07) is 0. The van der Waals surface area contributed by atoms with E-state index in [0.717, 1.165) is 0 Å². The van der Waals surface area contributed by atoms with Gasteiger partial charge in [-0.1, -0.05) is 0 Å². The van der Waals surface area contributed by atoms with Crippen molar-refractivity contribution in [1.82, 2.24) is 0 Å². The molecule has 6 nitrogen and oxygen atoms in total. The zero-order chi connectivity index (χ0) is 10.3. The minimum absolute atomic E-state index is 0.0205. The zero-order valence-electron chi connectivity index (χ0n) is 7.30. The fourth-order valence-electron chi connectivity index (χ4n) is 0.573. The first-order valence-electron chi connectivity index (χ1n) is 3.73. The van der Waals surface area contributed by atoms with Crippen LogP contribution in [0.25, 0.3) is 0 Å². The van der Waals surface area contributed by atoms with Gasteiger partial charge in [0, 0.05) is 6.61 Å². The maximum absolute atomic E-state index is 10.7. The third-order valence-electron chi connectivity index (χ3n) is 1.03. The Hall–Kier alpha value is -0.420. The van der Waals surface area contributed by atoms with Gasteiger partial charge in [0.25, 0.3) is 0 Å². The van der Waals surface area contributed by atoms with Crippen LogP contribution in [0.1, 0.15) is 6.92 Å². The Morgan fingerprint density at radius 2 is 2.00 bits per heavy atom. The van der Waals surface area contributed by atoms with E-state index in [2.05, 4.69) is 4.74 Å². The van der Waals surface area contributed by atoms with E-state index in [1.54, 1.807) is 6.92 Å². The molecule has 78 valence electrons. The summed E-state index contributed by atoms with van der Waals surface area (Å²) in [6.07, 6.45) is -0.876. The van der Waals surface area contributed by atoms with Gasteiger partial charge < -0.3 is 19.3 Å². The Balaban J connectivity index is 3.47. The monoisotopic (exact) mass is 212 g/mol. The fourth-order valence-corrected chi connectivity index (χ4v) is 1.00. The lowest BCUT2D eigenvalue weighted by molar-refractivity contribution is -0.142. The van der Waals surface area contributed by atoms with Crippen molar-refractivity contribution in [2.75, 3.05) is 26.0 Å². The van der Waals surface area contributed by atoms with E-state index in [0.29, 0.717) is 6.61 Å². The quantitative estimate of drug-likeness (QED) is 0.358. The van der Waals surface area contributed by atoms with Crippen LogP contribution in [-0.2, 0) is 18.8 Å². The minimum atomic E-state index is -4.29. The molecule has 0 aromatic rings. The number of hydrogen-bond acceptors (Lipinski definition) is 4. The molecule has 13 heavy (non-hydrogen) atoms. The maximum atomic E-state index is 10.7. The van der Waals surface area contributed by atoms with Crippen LogP contribution in [0.2, 0.25) is 0 Å². The van der Waals surface area contributed by atoms with Crippen LogP contribution in [-0.4, -0.2) is 41.7 Å². The van der Waals surface area contributed by atoms with Crippen molar-refractivity contribution >= 4 is 13.6 Å². The van der Waals surface area contributed by atoms with E-state index in [4.69, 9.17) is 14.5 Å². The molecule has 0 unspecified atom stereocenters. The lowest BCUT2D eigenvalue weighted by Crippen LogP contribution is -2.14. The van der Waals surface area contributed by atoms with E-state index in [1.165, 1.54) is 0 Å². The number of hydrogen-bond donors (Lipinski definition) is 2. The van der Waals surface area contributed by atoms with Crippen molar-refractivity contribution in [2.24, 2.45) is 0 Å². The molecule has 0 atom stereocenters. The molecule has 0 aromatic carbocycles. The third-order valence-corrected chi connectivity index (χ3v) is 1.70. The van der Waals surface area contributed by atoms with Gasteiger partial charge in [0.2, 0.25) is 0 Å². The Bertz CT molecular complexity index is 197. The molecule has 0 rings (SSSR count). The van der Waals surface area contributed by atoms with Crippen molar-refractivity contribution in [3.05, 3.63) is 0 Å². The molecule has 0 aliphatic rings. The molecule has 0 amide bonds. The molecule has 0 aliphatic carbocycles. The Labute approximate surface area is 76.0 Å². The second kappa shape index (κ2) is 6.10. The summed E-state index contributed by atoms with van der Waals surface area (Å²) < 4.78 is 19.6. The summed E-state index contributed by atoms with van der Waals surface area (Å²) in [5.74, 6) is -0.909. The van der Waals surface area contributed by atoms with Crippen molar-refractivity contribution in [3.8, 4) is 0 Å². The van der Waals surface area contributed by atoms with Gasteiger partial charge >= 0.3 is 13.6 Å². The lowest BCUT2D eigenvalue weighted by Gasteiger charge is -2.05. The standard InChI is InChI=1S/C6H13O6P/c1-2-11-3-4-12-6(7)5-13(8,9)10/h2-5H2,1H3,(H2,8,9,10). The molecule has 0 saturated heterocycles. The molecule has 0 aromatic heterocycles. The summed E-state index contributed by atoms with van der Waals surface area (Å²) in [7, 11) is -4.29. The second-order valence-electron chi connectivity index (χ2n) is 2.24. The Kier molecular flexibility index (Phi) is 5.90. The smallest absolute Gasteiger partial charge is 0.336 e. The number of carbonyl (C=O) groups excluding carboxylic acids is 1. The van der Waals surface area contributed by atoms with Gasteiger partial charge in [0.05, 0.1) is 6.61 Å². The first kappa shape index (κ1) is 12.6. The number of carbonyl (C=O) groups is 1. The van der Waals surface area contributed by atoms with Gasteiger partial charge in [-0.3, -0.25) is 9.36 Å². The van der Waals surface area contributed by atoms with Crippen LogP contribution in [0, 0.1) is 0 Å². The predicted octanol–water partition coefficient (Wildman–Crippen LogP) is -0.256. The average molecular weight is 212 g/mol. The van der Waals surface area contributed by atoms with E-state index in [-0.39, 0.29) is 13.2 Å². The van der Waals surface area contributed by atoms with E-state index >= 15 is 0 Å². The lowest BCUT2D eigenvalue weighted by atomic mass is 10.7. The highest BCUT2D eigenvalue weighted by Crippen LogP contribution is 2.33. The maximum Gasteiger partial charge on any atom is 0.336 e. The normalized spacial score (nSPS) is 11.3. The third kappa shape index (κ3) is 9.49. The van der Waals surface area contributed by atoms with Gasteiger partial charge in [-0.15, -0.1) is 0 Å². The van der Waals surface area contributed by atoms with Gasteiger partial charge in [-0.2, -0.15) is 0 Å². The molecule has 0 spiro atoms. The van der Waals surface area contributed by atoms with Gasteiger partial charge in [0.15, 0.2) is 0 Å². The average Bonchev–Trinajstić information content (AvgIpc) is 1.94. The number of ether oxygens (including phenoxy) is 2. The largest absolute Gasteiger partial charge is 0.463 e. The minimum Gasteiger partial charge on any atom is -0.463 e. The van der Waals surface area contributed by atoms with E-state index in [1.807, 2.05) is 0 Å². The van der Waals surface area contributed by atoms with Gasteiger partial charge in [-0.25, -0.2) is 0 Å². The molecule has 7 heteroatoms. The Morgan fingerprint density at radius 3 is 2.46 bits per heavy atom. The summed E-state index contributed by atoms with van der Waals surface area (Å²) in [5.41, 5.74) is 0. The van der Waals surface area contributed by atoms with Crippen LogP contribution in [0.3, 0.4) is 0 Å². The molecular weight excluding hydrogens is 199 g/mol. The first-order valence-corrected chi connectivity index (χ1v) is 5.53. The molecule has 0 fully saturated rings. The summed E-state index contributed by atoms with van der Waals surface area (Å²) >= 11 is 0. The molecule has 0 saturated carbocycles. The molecular formula is C6H13O6P. The Morgan fingerprint density at radius 1 is 1.38 bits per heavy atom.